The number of carbonyl (C=O) groups is 2. The van der Waals surface area contributed by atoms with Crippen LogP contribution in [0.25, 0.3) is 0 Å². The van der Waals surface area contributed by atoms with Crippen molar-refractivity contribution in [2.24, 2.45) is 0 Å². The molecule has 25 heavy (non-hydrogen) atoms. The highest BCUT2D eigenvalue weighted by atomic mass is 35.5. The lowest BCUT2D eigenvalue weighted by atomic mass is 10.2. The van der Waals surface area contributed by atoms with Gasteiger partial charge in [0.2, 0.25) is 5.91 Å². The molecule has 0 radical (unpaired) electrons. The molecule has 1 aliphatic heterocycles. The number of benzene rings is 1. The molecule has 1 fully saturated rings. The molecule has 1 aromatic heterocycles. The molecule has 1 saturated heterocycles. The largest absolute Gasteiger partial charge is 0.506 e. The molecule has 0 atom stereocenters. The maximum absolute atomic E-state index is 12.2. The second kappa shape index (κ2) is 7.54. The Labute approximate surface area is 148 Å². The third-order valence-corrected chi connectivity index (χ3v) is 4.06. The maximum Gasteiger partial charge on any atom is 0.255 e. The summed E-state index contributed by atoms with van der Waals surface area (Å²) in [7, 11) is 0. The number of rotatable bonds is 4. The van der Waals surface area contributed by atoms with Crippen molar-refractivity contribution < 1.29 is 19.4 Å². The van der Waals surface area contributed by atoms with E-state index in [9.17, 15) is 14.7 Å². The van der Waals surface area contributed by atoms with E-state index >= 15 is 0 Å². The van der Waals surface area contributed by atoms with Crippen LogP contribution in [0, 0.1) is 0 Å². The lowest BCUT2D eigenvalue weighted by Crippen LogP contribution is -2.42. The number of anilines is 1. The normalized spacial score (nSPS) is 14.4. The zero-order valence-electron chi connectivity index (χ0n) is 13.3. The van der Waals surface area contributed by atoms with Crippen LogP contribution in [0.5, 0.6) is 5.75 Å². The molecule has 0 saturated carbocycles. The molecule has 8 nitrogen and oxygen atoms in total. The van der Waals surface area contributed by atoms with Gasteiger partial charge in [-0.3, -0.25) is 14.3 Å². The summed E-state index contributed by atoms with van der Waals surface area (Å²) in [5.41, 5.74) is 0.768. The molecular weight excluding hydrogens is 348 g/mol. The van der Waals surface area contributed by atoms with Crippen LogP contribution < -0.4 is 5.32 Å². The second-order valence-corrected chi connectivity index (χ2v) is 5.95. The van der Waals surface area contributed by atoms with Gasteiger partial charge in [0, 0.05) is 24.8 Å². The minimum absolute atomic E-state index is 0.0467. The summed E-state index contributed by atoms with van der Waals surface area (Å²) in [5.74, 6) is -0.525. The average molecular weight is 365 g/mol. The van der Waals surface area contributed by atoms with Crippen molar-refractivity contribution in [3.05, 3.63) is 41.2 Å². The molecule has 2 aromatic rings. The number of hydrogen-bond donors (Lipinski definition) is 2. The average Bonchev–Trinajstić information content (AvgIpc) is 3.04. The van der Waals surface area contributed by atoms with Crippen LogP contribution in [0.4, 0.5) is 5.69 Å². The summed E-state index contributed by atoms with van der Waals surface area (Å²) < 4.78 is 6.69. The van der Waals surface area contributed by atoms with Crippen molar-refractivity contribution in [1.29, 1.82) is 0 Å². The number of aromatic hydroxyl groups is 1. The molecule has 2 amide bonds. The molecule has 0 bridgehead atoms. The van der Waals surface area contributed by atoms with Gasteiger partial charge >= 0.3 is 0 Å². The van der Waals surface area contributed by atoms with Crippen LogP contribution in [0.2, 0.25) is 5.02 Å². The molecular formula is C16H17ClN4O4. The summed E-state index contributed by atoms with van der Waals surface area (Å²) in [4.78, 5) is 26.1. The van der Waals surface area contributed by atoms with Gasteiger partial charge in [0.05, 0.1) is 30.1 Å². The SMILES string of the molecule is O=C(Nc1cnn(CC(=O)N2CCOCC2)c1)c1ccc(O)c(Cl)c1. The van der Waals surface area contributed by atoms with E-state index in [1.165, 1.54) is 29.1 Å². The van der Waals surface area contributed by atoms with E-state index in [0.29, 0.717) is 37.6 Å². The van der Waals surface area contributed by atoms with Crippen LogP contribution in [-0.4, -0.2) is 57.9 Å². The Morgan fingerprint density at radius 1 is 1.32 bits per heavy atom. The van der Waals surface area contributed by atoms with E-state index in [2.05, 4.69) is 10.4 Å². The fourth-order valence-corrected chi connectivity index (χ4v) is 2.60. The van der Waals surface area contributed by atoms with Gasteiger partial charge in [-0.25, -0.2) is 0 Å². The third kappa shape index (κ3) is 4.28. The summed E-state index contributed by atoms with van der Waals surface area (Å²) in [5, 5.41) is 16.2. The number of carbonyl (C=O) groups excluding carboxylic acids is 2. The Bertz CT molecular complexity index is 786. The van der Waals surface area contributed by atoms with Gasteiger partial charge in [-0.05, 0) is 18.2 Å². The molecule has 0 spiro atoms. The smallest absolute Gasteiger partial charge is 0.255 e. The summed E-state index contributed by atoms with van der Waals surface area (Å²) in [6, 6.07) is 4.18. The number of amides is 2. The third-order valence-electron chi connectivity index (χ3n) is 3.76. The number of aromatic nitrogens is 2. The van der Waals surface area contributed by atoms with Crippen molar-refractivity contribution in [2.75, 3.05) is 31.6 Å². The van der Waals surface area contributed by atoms with E-state index in [-0.39, 0.29) is 29.1 Å². The van der Waals surface area contributed by atoms with Gasteiger partial charge < -0.3 is 20.1 Å². The number of halogens is 1. The van der Waals surface area contributed by atoms with Gasteiger partial charge in [0.25, 0.3) is 5.91 Å². The molecule has 1 aromatic carbocycles. The van der Waals surface area contributed by atoms with E-state index in [1.54, 1.807) is 11.1 Å². The summed E-state index contributed by atoms with van der Waals surface area (Å²) >= 11 is 5.80. The first-order chi connectivity index (χ1) is 12.0. The molecule has 0 unspecified atom stereocenters. The van der Waals surface area contributed by atoms with Gasteiger partial charge in [0.15, 0.2) is 0 Å². The number of ether oxygens (including phenoxy) is 1. The van der Waals surface area contributed by atoms with Gasteiger partial charge in [0.1, 0.15) is 12.3 Å². The quantitative estimate of drug-likeness (QED) is 0.853. The maximum atomic E-state index is 12.2. The van der Waals surface area contributed by atoms with Crippen LogP contribution in [-0.2, 0) is 16.1 Å². The first-order valence-corrected chi connectivity index (χ1v) is 8.08. The van der Waals surface area contributed by atoms with Crippen molar-refractivity contribution in [3.63, 3.8) is 0 Å². The van der Waals surface area contributed by atoms with E-state index in [1.807, 2.05) is 0 Å². The molecule has 1 aliphatic rings. The van der Waals surface area contributed by atoms with Crippen LogP contribution in [0.1, 0.15) is 10.4 Å². The van der Waals surface area contributed by atoms with Gasteiger partial charge in [-0.15, -0.1) is 0 Å². The summed E-state index contributed by atoms with van der Waals surface area (Å²) in [6.07, 6.45) is 3.05. The number of phenolic OH excluding ortho intramolecular Hbond substituents is 1. The number of nitrogens with zero attached hydrogens (tertiary/aromatic N) is 3. The monoisotopic (exact) mass is 364 g/mol. The zero-order valence-corrected chi connectivity index (χ0v) is 14.1. The highest BCUT2D eigenvalue weighted by Crippen LogP contribution is 2.24. The van der Waals surface area contributed by atoms with Crippen molar-refractivity contribution in [1.82, 2.24) is 14.7 Å². The Hall–Kier alpha value is -2.58. The van der Waals surface area contributed by atoms with Crippen molar-refractivity contribution in [2.45, 2.75) is 6.54 Å². The molecule has 0 aliphatic carbocycles. The Morgan fingerprint density at radius 2 is 2.08 bits per heavy atom. The van der Waals surface area contributed by atoms with Crippen molar-refractivity contribution >= 4 is 29.1 Å². The van der Waals surface area contributed by atoms with Crippen LogP contribution in [0.15, 0.2) is 30.6 Å². The number of phenols is 1. The molecule has 2 heterocycles. The van der Waals surface area contributed by atoms with Gasteiger partial charge in [-0.1, -0.05) is 11.6 Å². The number of morpholine rings is 1. The minimum Gasteiger partial charge on any atom is -0.506 e. The topological polar surface area (TPSA) is 96.7 Å². The minimum atomic E-state index is -0.388. The standard InChI is InChI=1S/C16H17ClN4O4/c17-13-7-11(1-2-14(13)22)16(24)19-12-8-18-21(9-12)10-15(23)20-3-5-25-6-4-20/h1-2,7-9,22H,3-6,10H2,(H,19,24). The predicted molar refractivity (Wildman–Crippen MR) is 90.7 cm³/mol. The zero-order chi connectivity index (χ0) is 17.8. The van der Waals surface area contributed by atoms with Gasteiger partial charge in [-0.2, -0.15) is 5.10 Å². The number of hydrogen-bond acceptors (Lipinski definition) is 5. The number of nitrogens with one attached hydrogen (secondary N) is 1. The molecule has 9 heteroatoms. The predicted octanol–water partition coefficient (Wildman–Crippen LogP) is 1.35. The lowest BCUT2D eigenvalue weighted by Gasteiger charge is -2.26. The summed E-state index contributed by atoms with van der Waals surface area (Å²) in [6.45, 7) is 2.33. The van der Waals surface area contributed by atoms with E-state index in [4.69, 9.17) is 16.3 Å². The Kier molecular flexibility index (Phi) is 5.20. The highest BCUT2D eigenvalue weighted by Gasteiger charge is 2.17. The Morgan fingerprint density at radius 3 is 2.80 bits per heavy atom. The second-order valence-electron chi connectivity index (χ2n) is 5.54. The lowest BCUT2D eigenvalue weighted by molar-refractivity contribution is -0.136. The van der Waals surface area contributed by atoms with Crippen molar-refractivity contribution in [3.8, 4) is 5.75 Å². The fraction of sp³-hybridized carbons (Fsp3) is 0.312. The fourth-order valence-electron chi connectivity index (χ4n) is 2.42. The van der Waals surface area contributed by atoms with Crippen LogP contribution in [0.3, 0.4) is 0 Å². The Balaban J connectivity index is 1.60. The van der Waals surface area contributed by atoms with Crippen LogP contribution >= 0.6 is 11.6 Å². The molecule has 132 valence electrons. The first-order valence-electron chi connectivity index (χ1n) is 7.71. The molecule has 3 rings (SSSR count). The van der Waals surface area contributed by atoms with E-state index in [0.717, 1.165) is 0 Å². The first kappa shape index (κ1) is 17.2. The van der Waals surface area contributed by atoms with E-state index < -0.39 is 0 Å². The highest BCUT2D eigenvalue weighted by molar-refractivity contribution is 6.32. The molecule has 2 N–H and O–H groups in total.